The number of methoxy groups -OCH3 is 1. The molecular weight excluding hydrogens is 276 g/mol. The van der Waals surface area contributed by atoms with Gasteiger partial charge < -0.3 is 9.84 Å². The Balaban J connectivity index is 2.10. The Bertz CT molecular complexity index is 598. The summed E-state index contributed by atoms with van der Waals surface area (Å²) in [7, 11) is 3.39. The highest BCUT2D eigenvalue weighted by Crippen LogP contribution is 2.27. The monoisotopic (exact) mass is 292 g/mol. The van der Waals surface area contributed by atoms with Crippen LogP contribution in [-0.2, 0) is 11.3 Å². The van der Waals surface area contributed by atoms with Crippen molar-refractivity contribution < 1.29 is 14.6 Å². The maximum Gasteiger partial charge on any atom is 0.317 e. The average Bonchev–Trinajstić information content (AvgIpc) is 2.86. The van der Waals surface area contributed by atoms with Crippen molar-refractivity contribution in [3.05, 3.63) is 35.3 Å². The molecule has 0 unspecified atom stereocenters. The van der Waals surface area contributed by atoms with E-state index in [4.69, 9.17) is 9.84 Å². The van der Waals surface area contributed by atoms with Gasteiger partial charge in [-0.05, 0) is 19.2 Å². The minimum Gasteiger partial charge on any atom is -0.497 e. The molecule has 0 bridgehead atoms. The molecule has 20 heavy (non-hydrogen) atoms. The molecular formula is C14H16N2O3S. The molecule has 0 aliphatic carbocycles. The van der Waals surface area contributed by atoms with Gasteiger partial charge in [0.15, 0.2) is 0 Å². The van der Waals surface area contributed by atoms with Gasteiger partial charge in [0.1, 0.15) is 10.8 Å². The van der Waals surface area contributed by atoms with Crippen molar-refractivity contribution in [2.75, 3.05) is 20.7 Å². The molecule has 1 aromatic heterocycles. The van der Waals surface area contributed by atoms with E-state index in [-0.39, 0.29) is 6.54 Å². The van der Waals surface area contributed by atoms with Gasteiger partial charge in [0.2, 0.25) is 0 Å². The summed E-state index contributed by atoms with van der Waals surface area (Å²) in [6.07, 6.45) is 0. The van der Waals surface area contributed by atoms with Crippen molar-refractivity contribution in [3.63, 3.8) is 0 Å². The molecule has 0 saturated heterocycles. The third-order valence-electron chi connectivity index (χ3n) is 2.71. The number of carboxylic acids is 1. The first-order chi connectivity index (χ1) is 9.58. The van der Waals surface area contributed by atoms with Crippen molar-refractivity contribution >= 4 is 17.3 Å². The first kappa shape index (κ1) is 14.5. The number of hydrogen-bond acceptors (Lipinski definition) is 5. The lowest BCUT2D eigenvalue weighted by molar-refractivity contribution is -0.138. The number of rotatable bonds is 6. The van der Waals surface area contributed by atoms with Crippen molar-refractivity contribution in [2.45, 2.75) is 6.54 Å². The molecule has 0 aliphatic rings. The van der Waals surface area contributed by atoms with Gasteiger partial charge in [0.25, 0.3) is 0 Å². The number of hydrogen-bond donors (Lipinski definition) is 1. The highest BCUT2D eigenvalue weighted by molar-refractivity contribution is 7.13. The number of likely N-dealkylation sites (N-methyl/N-ethyl adjacent to an activating group) is 1. The minimum absolute atomic E-state index is 0.00597. The fourth-order valence-corrected chi connectivity index (χ4v) is 2.64. The molecule has 6 heteroatoms. The number of aliphatic carboxylic acids is 1. The Morgan fingerprint density at radius 3 is 3.00 bits per heavy atom. The van der Waals surface area contributed by atoms with Crippen molar-refractivity contribution in [1.82, 2.24) is 9.88 Å². The summed E-state index contributed by atoms with van der Waals surface area (Å²) in [4.78, 5) is 16.9. The van der Waals surface area contributed by atoms with E-state index in [2.05, 4.69) is 4.98 Å². The van der Waals surface area contributed by atoms with Crippen LogP contribution in [0.3, 0.4) is 0 Å². The normalized spacial score (nSPS) is 10.8. The van der Waals surface area contributed by atoms with E-state index in [9.17, 15) is 4.79 Å². The zero-order valence-electron chi connectivity index (χ0n) is 11.4. The number of carboxylic acid groups (broad SMARTS) is 1. The Morgan fingerprint density at radius 2 is 2.30 bits per heavy atom. The van der Waals surface area contributed by atoms with Crippen LogP contribution < -0.4 is 4.74 Å². The number of aromatic nitrogens is 1. The smallest absolute Gasteiger partial charge is 0.317 e. The summed E-state index contributed by atoms with van der Waals surface area (Å²) in [5.74, 6) is -0.0435. The maximum atomic E-state index is 10.6. The molecule has 1 heterocycles. The Kier molecular flexibility index (Phi) is 4.70. The first-order valence-corrected chi connectivity index (χ1v) is 6.95. The third kappa shape index (κ3) is 3.79. The van der Waals surface area contributed by atoms with Gasteiger partial charge >= 0.3 is 5.97 Å². The lowest BCUT2D eigenvalue weighted by Gasteiger charge is -2.11. The van der Waals surface area contributed by atoms with E-state index in [1.54, 1.807) is 30.4 Å². The van der Waals surface area contributed by atoms with Crippen LogP contribution in [0.5, 0.6) is 5.75 Å². The molecule has 2 aromatic rings. The van der Waals surface area contributed by atoms with Crippen LogP contribution in [-0.4, -0.2) is 41.7 Å². The molecule has 0 spiro atoms. The van der Waals surface area contributed by atoms with Crippen LogP contribution >= 0.6 is 11.3 Å². The molecule has 1 aromatic carbocycles. The molecule has 0 atom stereocenters. The minimum atomic E-state index is -0.837. The van der Waals surface area contributed by atoms with Gasteiger partial charge in [-0.2, -0.15) is 0 Å². The summed E-state index contributed by atoms with van der Waals surface area (Å²) in [5.41, 5.74) is 1.87. The van der Waals surface area contributed by atoms with Gasteiger partial charge in [-0.15, -0.1) is 11.3 Å². The Hall–Kier alpha value is -1.92. The van der Waals surface area contributed by atoms with Crippen LogP contribution in [0, 0.1) is 0 Å². The van der Waals surface area contributed by atoms with E-state index in [0.29, 0.717) is 6.54 Å². The van der Waals surface area contributed by atoms with Gasteiger partial charge in [-0.3, -0.25) is 9.69 Å². The standard InChI is InChI=1S/C14H16N2O3S/c1-16(8-13(17)18)7-11-9-20-14(15-11)10-4-3-5-12(6-10)19-2/h3-6,9H,7-8H2,1-2H3,(H,17,18). The number of thiazole rings is 1. The van der Waals surface area contributed by atoms with E-state index in [1.807, 2.05) is 29.6 Å². The number of benzene rings is 1. The molecule has 0 saturated carbocycles. The lowest BCUT2D eigenvalue weighted by Crippen LogP contribution is -2.25. The van der Waals surface area contributed by atoms with Gasteiger partial charge in [-0.1, -0.05) is 12.1 Å². The molecule has 5 nitrogen and oxygen atoms in total. The van der Waals surface area contributed by atoms with E-state index >= 15 is 0 Å². The molecule has 2 rings (SSSR count). The zero-order chi connectivity index (χ0) is 14.5. The maximum absolute atomic E-state index is 10.6. The number of ether oxygens (including phenoxy) is 1. The first-order valence-electron chi connectivity index (χ1n) is 6.07. The Labute approximate surface area is 121 Å². The molecule has 106 valence electrons. The summed E-state index contributed by atoms with van der Waals surface area (Å²) < 4.78 is 5.19. The van der Waals surface area contributed by atoms with E-state index < -0.39 is 5.97 Å². The molecule has 1 N–H and O–H groups in total. The van der Waals surface area contributed by atoms with Crippen LogP contribution in [0.2, 0.25) is 0 Å². The highest BCUT2D eigenvalue weighted by Gasteiger charge is 2.09. The predicted molar refractivity (Wildman–Crippen MR) is 78.1 cm³/mol. The van der Waals surface area contributed by atoms with Crippen molar-refractivity contribution in [1.29, 1.82) is 0 Å². The second-order valence-corrected chi connectivity index (χ2v) is 5.30. The average molecular weight is 292 g/mol. The second kappa shape index (κ2) is 6.49. The van der Waals surface area contributed by atoms with Crippen molar-refractivity contribution in [2.24, 2.45) is 0 Å². The number of nitrogens with zero attached hydrogens (tertiary/aromatic N) is 2. The largest absolute Gasteiger partial charge is 0.497 e. The lowest BCUT2D eigenvalue weighted by atomic mass is 10.2. The molecule has 0 radical (unpaired) electrons. The van der Waals surface area contributed by atoms with Gasteiger partial charge in [0.05, 0.1) is 19.3 Å². The van der Waals surface area contributed by atoms with E-state index in [1.165, 1.54) is 0 Å². The zero-order valence-corrected chi connectivity index (χ0v) is 12.2. The van der Waals surface area contributed by atoms with Crippen LogP contribution in [0.1, 0.15) is 5.69 Å². The quantitative estimate of drug-likeness (QED) is 0.885. The van der Waals surface area contributed by atoms with Crippen molar-refractivity contribution in [3.8, 4) is 16.3 Å². The summed E-state index contributed by atoms with van der Waals surface area (Å²) >= 11 is 1.54. The van der Waals surface area contributed by atoms with Gasteiger partial charge in [-0.25, -0.2) is 4.98 Å². The topological polar surface area (TPSA) is 62.7 Å². The summed E-state index contributed by atoms with van der Waals surface area (Å²) in [5, 5.41) is 11.6. The fourth-order valence-electron chi connectivity index (χ4n) is 1.83. The number of carbonyl (C=O) groups is 1. The van der Waals surface area contributed by atoms with Gasteiger partial charge in [0, 0.05) is 17.5 Å². The van der Waals surface area contributed by atoms with Crippen LogP contribution in [0.25, 0.3) is 10.6 Å². The fraction of sp³-hybridized carbons (Fsp3) is 0.286. The van der Waals surface area contributed by atoms with Crippen LogP contribution in [0.15, 0.2) is 29.6 Å². The van der Waals surface area contributed by atoms with Crippen LogP contribution in [0.4, 0.5) is 0 Å². The second-order valence-electron chi connectivity index (χ2n) is 4.44. The molecule has 0 amide bonds. The third-order valence-corrected chi connectivity index (χ3v) is 3.65. The summed E-state index contributed by atoms with van der Waals surface area (Å²) in [6.45, 7) is 0.527. The highest BCUT2D eigenvalue weighted by atomic mass is 32.1. The van der Waals surface area contributed by atoms with E-state index in [0.717, 1.165) is 22.0 Å². The summed E-state index contributed by atoms with van der Waals surface area (Å²) in [6, 6.07) is 7.72. The Morgan fingerprint density at radius 1 is 1.50 bits per heavy atom. The molecule has 0 aliphatic heterocycles. The predicted octanol–water partition coefficient (Wildman–Crippen LogP) is 2.34. The molecule has 0 fully saturated rings. The SMILES string of the molecule is COc1cccc(-c2nc(CN(C)CC(=O)O)cs2)c1.